The number of nitrogens with one attached hydrogen (secondary N) is 1. The number of likely N-dealkylation sites (tertiary alicyclic amines) is 1. The number of carboxylic acids is 1. The Bertz CT molecular complexity index is 3810. The lowest BCUT2D eigenvalue weighted by Gasteiger charge is -2.44. The van der Waals surface area contributed by atoms with Crippen LogP contribution >= 0.6 is 0 Å². The van der Waals surface area contributed by atoms with Crippen molar-refractivity contribution in [3.8, 4) is 17.2 Å². The van der Waals surface area contributed by atoms with Crippen molar-refractivity contribution in [3.05, 3.63) is 133 Å². The Hall–Kier alpha value is -8.19. The number of methoxy groups -OCH3 is 1. The summed E-state index contributed by atoms with van der Waals surface area (Å²) in [6, 6.07) is 3.40. The Morgan fingerprint density at radius 3 is 2.19 bits per heavy atom. The standard InChI is InChI=1S/C65H73F3N6O15/c1-30-12-11-13-31(2)62(83)69-49-50(56(81)46-47(55(49)80)53(78)35(6)58-48(46)59(82)64(8,89-58)87-25-19-45(86-10)32(3)57(88-36(7)75)34(5)52(77)33(4)51(30)76)72-23-17-39(18-24-72)71(9)65(20-21-65)37-16-22-73(28-37)61-43(68)27-40-54(79)41(63(84)85)29-74(60(40)70-61)44-15-14-38(66)26-42(44)67/h11-15,19,25-27,29-30,32-34,37,39,45,51-52,57,76-78H,16-18,20-24,28H2,1-10H3,(H,69,83)(H,84,85)/b12-11+,25-19+,31-13-/t30-,32+,33+,34+,37?,45-,51-,52+,57+,64-/m0/s1. The molecule has 11 rings (SSSR count). The van der Waals surface area contributed by atoms with E-state index in [4.69, 9.17) is 18.9 Å². The number of phenolic OH excluding ortho intramolecular Hbond substituents is 1. The highest BCUT2D eigenvalue weighted by Gasteiger charge is 2.57. The van der Waals surface area contributed by atoms with Crippen molar-refractivity contribution >= 4 is 52.0 Å². The van der Waals surface area contributed by atoms with Gasteiger partial charge in [-0.25, -0.2) is 22.9 Å². The van der Waals surface area contributed by atoms with Gasteiger partial charge in [0.05, 0.1) is 52.3 Å². The average Bonchev–Trinajstić information content (AvgIpc) is 1.70. The molecule has 3 fully saturated rings. The number of esters is 1. The molecular formula is C65H73F3N6O15. The SMILES string of the molecule is CO[C@H]1/C=C/O[C@@]2(C)Oc3c(C)c(O)c4c(c3C2=O)C(=O)C(N2CCC(N(C)C3(C5CCN(c6nc7c(cc6F)c(=O)c(C(=O)O)cn7-c6ccc(F)cc6F)C5)CC3)CC2)=C(NC(=O)/C(C)=C\C=C\[C@H](C)[C@H](O)[C@@H](C)[C@@H](O)[C@@H](C)[C@H](OC(C)=O)[C@@H]1C)C4=O. The Morgan fingerprint density at radius 2 is 1.55 bits per heavy atom. The summed E-state index contributed by atoms with van der Waals surface area (Å²) in [7, 11) is 3.41. The quantitative estimate of drug-likeness (QED) is 0.103. The summed E-state index contributed by atoms with van der Waals surface area (Å²) in [6.45, 7) is 13.2. The molecule has 1 saturated carbocycles. The second-order valence-corrected chi connectivity index (χ2v) is 24.7. The van der Waals surface area contributed by atoms with E-state index in [1.54, 1.807) is 49.6 Å². The van der Waals surface area contributed by atoms with Gasteiger partial charge in [0.25, 0.3) is 11.7 Å². The molecule has 5 aliphatic heterocycles. The van der Waals surface area contributed by atoms with Crippen LogP contribution in [0, 0.1) is 54.0 Å². The molecule has 89 heavy (non-hydrogen) atoms. The molecule has 1 unspecified atom stereocenters. The number of ketones is 3. The molecule has 10 atom stereocenters. The number of ether oxygens (including phenoxy) is 4. The van der Waals surface area contributed by atoms with Gasteiger partial charge in [0.2, 0.25) is 17.0 Å². The van der Waals surface area contributed by atoms with Crippen molar-refractivity contribution in [2.45, 2.75) is 129 Å². The van der Waals surface area contributed by atoms with Gasteiger partial charge in [0.1, 0.15) is 46.2 Å². The number of rotatable bonds is 9. The largest absolute Gasteiger partial charge is 0.507 e. The number of hydrogen-bond acceptors (Lipinski definition) is 18. The van der Waals surface area contributed by atoms with E-state index in [9.17, 15) is 48.8 Å². The van der Waals surface area contributed by atoms with Crippen LogP contribution < -0.4 is 20.4 Å². The maximum atomic E-state index is 16.3. The summed E-state index contributed by atoms with van der Waals surface area (Å²) in [5.41, 5.74) is -4.61. The zero-order valence-electron chi connectivity index (χ0n) is 51.1. The smallest absolute Gasteiger partial charge is 0.341 e. The number of carbonyl (C=O) groups excluding carboxylic acids is 5. The molecule has 4 aromatic rings. The lowest BCUT2D eigenvalue weighted by atomic mass is 9.78. The molecular weight excluding hydrogens is 1160 g/mol. The van der Waals surface area contributed by atoms with E-state index < -0.39 is 145 Å². The number of nitrogens with zero attached hydrogens (tertiary/aromatic N) is 5. The third-order valence-corrected chi connectivity index (χ3v) is 19.3. The number of aromatic nitrogens is 2. The number of anilines is 1. The predicted octanol–water partition coefficient (Wildman–Crippen LogP) is 7.23. The first-order valence-corrected chi connectivity index (χ1v) is 29.8. The maximum Gasteiger partial charge on any atom is 0.341 e. The number of benzene rings is 2. The van der Waals surface area contributed by atoms with Gasteiger partial charge < -0.3 is 54.5 Å². The highest BCUT2D eigenvalue weighted by molar-refractivity contribution is 6.32. The van der Waals surface area contributed by atoms with Crippen molar-refractivity contribution < 1.29 is 81.3 Å². The van der Waals surface area contributed by atoms with Crippen molar-refractivity contribution in [3.63, 3.8) is 0 Å². The maximum absolute atomic E-state index is 16.3. The van der Waals surface area contributed by atoms with Gasteiger partial charge in [-0.05, 0) is 83.2 Å². The van der Waals surface area contributed by atoms with Gasteiger partial charge in [-0.2, -0.15) is 0 Å². The second kappa shape index (κ2) is 24.3. The topological polar surface area (TPSA) is 277 Å². The van der Waals surface area contributed by atoms with E-state index in [0.717, 1.165) is 48.1 Å². The van der Waals surface area contributed by atoms with Gasteiger partial charge in [0.15, 0.2) is 17.3 Å². The number of aromatic carboxylic acids is 1. The molecule has 2 aromatic heterocycles. The average molecular weight is 1240 g/mol. The zero-order chi connectivity index (χ0) is 64.6. The third-order valence-electron chi connectivity index (χ3n) is 19.3. The minimum Gasteiger partial charge on any atom is -0.507 e. The van der Waals surface area contributed by atoms with Crippen LogP contribution in [-0.2, 0) is 23.8 Å². The lowest BCUT2D eigenvalue weighted by Crippen LogP contribution is -2.52. The molecule has 2 saturated heterocycles. The van der Waals surface area contributed by atoms with Crippen LogP contribution in [0.2, 0.25) is 0 Å². The van der Waals surface area contributed by atoms with Gasteiger partial charge in [-0.1, -0.05) is 45.9 Å². The van der Waals surface area contributed by atoms with E-state index >= 15 is 18.4 Å². The summed E-state index contributed by atoms with van der Waals surface area (Å²) >= 11 is 0. The van der Waals surface area contributed by atoms with Crippen LogP contribution in [0.1, 0.15) is 128 Å². The molecule has 7 aliphatic rings. The number of amides is 1. The summed E-state index contributed by atoms with van der Waals surface area (Å²) < 4.78 is 70.5. The van der Waals surface area contributed by atoms with Crippen molar-refractivity contribution in [1.82, 2.24) is 24.7 Å². The number of aliphatic hydroxyl groups is 2. The fourth-order valence-electron chi connectivity index (χ4n) is 13.8. The number of fused-ring (bicyclic) bond motifs is 15. The van der Waals surface area contributed by atoms with Gasteiger partial charge in [0, 0.05) is 106 Å². The number of Topliss-reactive ketones (excluding diaryl/α,β-unsaturated/α-hetero) is 3. The van der Waals surface area contributed by atoms with E-state index in [1.807, 2.05) is 7.05 Å². The first-order valence-electron chi connectivity index (χ1n) is 29.8. The number of aliphatic hydroxyl groups excluding tert-OH is 2. The molecule has 2 aromatic carbocycles. The minimum atomic E-state index is -2.18. The number of piperidine rings is 1. The van der Waals surface area contributed by atoms with Crippen LogP contribution in [0.4, 0.5) is 19.0 Å². The molecule has 474 valence electrons. The second-order valence-electron chi connectivity index (χ2n) is 24.7. The molecule has 0 spiro atoms. The third kappa shape index (κ3) is 11.3. The number of carbonyl (C=O) groups is 6. The highest BCUT2D eigenvalue weighted by atomic mass is 19.1. The van der Waals surface area contributed by atoms with E-state index in [1.165, 1.54) is 47.0 Å². The fourth-order valence-corrected chi connectivity index (χ4v) is 13.8. The molecule has 24 heteroatoms. The van der Waals surface area contributed by atoms with E-state index in [-0.39, 0.29) is 75.9 Å². The first kappa shape index (κ1) is 63.8. The van der Waals surface area contributed by atoms with E-state index in [2.05, 4.69) is 15.2 Å². The molecule has 2 aliphatic carbocycles. The van der Waals surface area contributed by atoms with Crippen molar-refractivity contribution in [1.29, 1.82) is 0 Å². The number of aromatic hydroxyl groups is 1. The Morgan fingerprint density at radius 1 is 0.865 bits per heavy atom. The van der Waals surface area contributed by atoms with Crippen LogP contribution in [0.3, 0.4) is 0 Å². The normalized spacial score (nSPS) is 29.0. The lowest BCUT2D eigenvalue weighted by molar-refractivity contribution is -0.160. The molecule has 0 radical (unpaired) electrons. The summed E-state index contributed by atoms with van der Waals surface area (Å²) in [6.07, 6.45) is 7.01. The van der Waals surface area contributed by atoms with Crippen LogP contribution in [0.15, 0.2) is 82.8 Å². The Kier molecular flexibility index (Phi) is 17.4. The monoisotopic (exact) mass is 1230 g/mol. The Balaban J connectivity index is 0.948. The summed E-state index contributed by atoms with van der Waals surface area (Å²) in [5, 5.41) is 47.3. The molecule has 21 nitrogen and oxygen atoms in total. The predicted molar refractivity (Wildman–Crippen MR) is 317 cm³/mol. The van der Waals surface area contributed by atoms with Crippen LogP contribution in [-0.4, -0.2) is 157 Å². The van der Waals surface area contributed by atoms with Gasteiger partial charge >= 0.3 is 17.7 Å². The molecule has 5 N–H and O–H groups in total. The fraction of sp³-hybridized carbons (Fsp3) is 0.477. The number of carboxylic acid groups (broad SMARTS) is 1. The molecule has 1 amide bonds. The van der Waals surface area contributed by atoms with Crippen molar-refractivity contribution in [2.24, 2.45) is 29.6 Å². The number of hydrogen-bond donors (Lipinski definition) is 5. The van der Waals surface area contributed by atoms with E-state index in [0.29, 0.717) is 38.4 Å². The molecule has 5 bridgehead atoms. The minimum absolute atomic E-state index is 0.0366. The summed E-state index contributed by atoms with van der Waals surface area (Å²) in [5.74, 6) is -14.6. The summed E-state index contributed by atoms with van der Waals surface area (Å²) in [4.78, 5) is 108. The number of phenols is 1. The number of halogens is 3. The molecule has 7 heterocycles. The highest BCUT2D eigenvalue weighted by Crippen LogP contribution is 2.53. The van der Waals surface area contributed by atoms with Gasteiger partial charge in [-0.3, -0.25) is 38.2 Å². The number of pyridine rings is 2. The van der Waals surface area contributed by atoms with Gasteiger partial charge in [-0.15, -0.1) is 0 Å². The van der Waals surface area contributed by atoms with Crippen LogP contribution in [0.25, 0.3) is 16.7 Å². The Labute approximate surface area is 511 Å². The first-order chi connectivity index (χ1) is 42.0. The van der Waals surface area contributed by atoms with Crippen molar-refractivity contribution in [2.75, 3.05) is 45.2 Å². The number of allylic oxidation sites excluding steroid dienone is 4. The zero-order valence-corrected chi connectivity index (χ0v) is 51.1. The van der Waals surface area contributed by atoms with Crippen LogP contribution in [0.5, 0.6) is 11.5 Å².